The summed E-state index contributed by atoms with van der Waals surface area (Å²) in [6, 6.07) is 10.6. The molecule has 0 heterocycles. The molecule has 0 aliphatic carbocycles. The Balaban J connectivity index is 2.50. The Morgan fingerprint density at radius 1 is 1.08 bits per heavy atom. The summed E-state index contributed by atoms with van der Waals surface area (Å²) in [5, 5.41) is 3.31. The molecule has 2 rings (SSSR count). The van der Waals surface area contributed by atoms with Gasteiger partial charge in [-0.15, -0.1) is 0 Å². The van der Waals surface area contributed by atoms with E-state index >= 15 is 0 Å². The summed E-state index contributed by atoms with van der Waals surface area (Å²) in [5.41, 5.74) is 0.307. The molecule has 1 N–H and O–H groups in total. The molecule has 11 heteroatoms. The van der Waals surface area contributed by atoms with Crippen LogP contribution in [-0.2, 0) is 26.2 Å². The van der Waals surface area contributed by atoms with Crippen LogP contribution in [0, 0.1) is 0 Å². The molecule has 198 valence electrons. The van der Waals surface area contributed by atoms with Gasteiger partial charge in [-0.1, -0.05) is 42.3 Å². The van der Waals surface area contributed by atoms with Crippen molar-refractivity contribution >= 4 is 50.7 Å². The van der Waals surface area contributed by atoms with E-state index in [4.69, 9.17) is 27.9 Å². The van der Waals surface area contributed by atoms with Crippen molar-refractivity contribution in [3.8, 4) is 5.75 Å². The molecule has 2 aromatic rings. The number of carbonyl (C=O) groups is 2. The standard InChI is InChI=1S/C25H33Cl2N3O5S/c1-7-21(24(32)28-25(2,3)4)29(15-17-8-11-19(35-5)12-9-17)23(31)16-30(36(6,33)34)22-14-18(26)10-13-20(22)27/h8-14,21H,7,15-16H2,1-6H3,(H,28,32)/t21-/m0/s1. The minimum Gasteiger partial charge on any atom is -0.497 e. The van der Waals surface area contributed by atoms with E-state index in [1.807, 2.05) is 20.8 Å². The summed E-state index contributed by atoms with van der Waals surface area (Å²) in [6.45, 7) is 6.86. The number of nitrogens with zero attached hydrogens (tertiary/aromatic N) is 2. The fraction of sp³-hybridized carbons (Fsp3) is 0.440. The average Bonchev–Trinajstić information content (AvgIpc) is 2.77. The highest BCUT2D eigenvalue weighted by molar-refractivity contribution is 7.92. The van der Waals surface area contributed by atoms with E-state index in [0.717, 1.165) is 16.1 Å². The van der Waals surface area contributed by atoms with Gasteiger partial charge in [0, 0.05) is 17.1 Å². The van der Waals surface area contributed by atoms with Crippen LogP contribution in [0.2, 0.25) is 10.0 Å². The molecule has 2 amide bonds. The van der Waals surface area contributed by atoms with Crippen LogP contribution in [0.5, 0.6) is 5.75 Å². The Morgan fingerprint density at radius 2 is 1.69 bits per heavy atom. The van der Waals surface area contributed by atoms with Crippen molar-refractivity contribution in [2.75, 3.05) is 24.2 Å². The molecule has 0 saturated heterocycles. The lowest BCUT2D eigenvalue weighted by Crippen LogP contribution is -2.55. The topological polar surface area (TPSA) is 96.0 Å². The fourth-order valence-corrected chi connectivity index (χ4v) is 4.86. The summed E-state index contributed by atoms with van der Waals surface area (Å²) in [7, 11) is -2.37. The van der Waals surface area contributed by atoms with Crippen molar-refractivity contribution in [1.82, 2.24) is 10.2 Å². The Bertz CT molecular complexity index is 1180. The van der Waals surface area contributed by atoms with E-state index in [-0.39, 0.29) is 28.2 Å². The third-order valence-electron chi connectivity index (χ3n) is 5.25. The van der Waals surface area contributed by atoms with Gasteiger partial charge in [0.05, 0.1) is 24.1 Å². The number of halogens is 2. The van der Waals surface area contributed by atoms with Gasteiger partial charge in [-0.25, -0.2) is 8.42 Å². The van der Waals surface area contributed by atoms with E-state index in [2.05, 4.69) is 5.32 Å². The number of ether oxygens (including phenoxy) is 1. The number of sulfonamides is 1. The number of nitrogens with one attached hydrogen (secondary N) is 1. The van der Waals surface area contributed by atoms with E-state index < -0.39 is 34.1 Å². The first kappa shape index (κ1) is 29.7. The lowest BCUT2D eigenvalue weighted by molar-refractivity contribution is -0.141. The van der Waals surface area contributed by atoms with Crippen molar-refractivity contribution < 1.29 is 22.7 Å². The molecular weight excluding hydrogens is 525 g/mol. The third-order valence-corrected chi connectivity index (χ3v) is 6.93. The predicted molar refractivity (Wildman–Crippen MR) is 144 cm³/mol. The van der Waals surface area contributed by atoms with Crippen LogP contribution in [0.25, 0.3) is 0 Å². The zero-order chi connectivity index (χ0) is 27.3. The zero-order valence-corrected chi connectivity index (χ0v) is 23.7. The van der Waals surface area contributed by atoms with Crippen LogP contribution < -0.4 is 14.4 Å². The highest BCUT2D eigenvalue weighted by Crippen LogP contribution is 2.31. The summed E-state index contributed by atoms with van der Waals surface area (Å²) in [6.07, 6.45) is 1.30. The van der Waals surface area contributed by atoms with E-state index in [1.54, 1.807) is 38.3 Å². The monoisotopic (exact) mass is 557 g/mol. The molecule has 1 atom stereocenters. The summed E-state index contributed by atoms with van der Waals surface area (Å²) in [5.74, 6) is -0.255. The summed E-state index contributed by atoms with van der Waals surface area (Å²) in [4.78, 5) is 28.3. The lowest BCUT2D eigenvalue weighted by Gasteiger charge is -2.34. The van der Waals surface area contributed by atoms with Gasteiger partial charge >= 0.3 is 0 Å². The number of methoxy groups -OCH3 is 1. The molecule has 0 aliphatic rings. The van der Waals surface area contributed by atoms with Crippen molar-refractivity contribution in [3.05, 3.63) is 58.1 Å². The van der Waals surface area contributed by atoms with Crippen LogP contribution >= 0.6 is 23.2 Å². The van der Waals surface area contributed by atoms with Crippen LogP contribution in [-0.4, -0.2) is 56.6 Å². The maximum Gasteiger partial charge on any atom is 0.244 e. The second-order valence-corrected chi connectivity index (χ2v) is 12.1. The highest BCUT2D eigenvalue weighted by Gasteiger charge is 2.33. The molecule has 36 heavy (non-hydrogen) atoms. The Kier molecular flexibility index (Phi) is 10.0. The minimum atomic E-state index is -3.92. The zero-order valence-electron chi connectivity index (χ0n) is 21.3. The van der Waals surface area contributed by atoms with E-state index in [9.17, 15) is 18.0 Å². The smallest absolute Gasteiger partial charge is 0.244 e. The number of hydrogen-bond acceptors (Lipinski definition) is 5. The maximum absolute atomic E-state index is 13.7. The molecule has 8 nitrogen and oxygen atoms in total. The second-order valence-electron chi connectivity index (χ2n) is 9.40. The van der Waals surface area contributed by atoms with Gasteiger partial charge in [0.15, 0.2) is 0 Å². The van der Waals surface area contributed by atoms with E-state index in [1.165, 1.54) is 23.1 Å². The second kappa shape index (κ2) is 12.2. The largest absolute Gasteiger partial charge is 0.497 e. The number of carbonyl (C=O) groups excluding carboxylic acids is 2. The Morgan fingerprint density at radius 3 is 2.19 bits per heavy atom. The molecule has 0 saturated carbocycles. The van der Waals surface area contributed by atoms with Crippen molar-refractivity contribution in [2.45, 2.75) is 52.2 Å². The Hall–Kier alpha value is -2.49. The van der Waals surface area contributed by atoms with Crippen molar-refractivity contribution in [1.29, 1.82) is 0 Å². The maximum atomic E-state index is 13.7. The van der Waals surface area contributed by atoms with Crippen LogP contribution in [0.15, 0.2) is 42.5 Å². The molecule has 0 spiro atoms. The van der Waals surface area contributed by atoms with Gasteiger partial charge < -0.3 is 15.0 Å². The molecule has 0 unspecified atom stereocenters. The molecule has 0 bridgehead atoms. The Labute approximate surface area is 223 Å². The van der Waals surface area contributed by atoms with Gasteiger partial charge in [-0.3, -0.25) is 13.9 Å². The normalized spacial score (nSPS) is 12.6. The molecular formula is C25H33Cl2N3O5S. The number of hydrogen-bond donors (Lipinski definition) is 1. The first-order chi connectivity index (χ1) is 16.7. The summed E-state index contributed by atoms with van der Waals surface area (Å²) < 4.78 is 31.5. The molecule has 0 aromatic heterocycles. The van der Waals surface area contributed by atoms with Crippen LogP contribution in [0.1, 0.15) is 39.7 Å². The van der Waals surface area contributed by atoms with Gasteiger partial charge in [0.1, 0.15) is 18.3 Å². The SMILES string of the molecule is CC[C@@H](C(=O)NC(C)(C)C)N(Cc1ccc(OC)cc1)C(=O)CN(c1cc(Cl)ccc1Cl)S(C)(=O)=O. The summed E-state index contributed by atoms with van der Waals surface area (Å²) >= 11 is 12.3. The van der Waals surface area contributed by atoms with Gasteiger partial charge in [0.2, 0.25) is 21.8 Å². The van der Waals surface area contributed by atoms with Gasteiger partial charge in [-0.05, 0) is 63.1 Å². The fourth-order valence-electron chi connectivity index (χ4n) is 3.57. The molecule has 2 aromatic carbocycles. The molecule has 0 radical (unpaired) electrons. The predicted octanol–water partition coefficient (Wildman–Crippen LogP) is 4.49. The van der Waals surface area contributed by atoms with Gasteiger partial charge in [0.25, 0.3) is 0 Å². The molecule has 0 aliphatic heterocycles. The number of benzene rings is 2. The lowest BCUT2D eigenvalue weighted by atomic mass is 10.1. The highest BCUT2D eigenvalue weighted by atomic mass is 35.5. The van der Waals surface area contributed by atoms with E-state index in [0.29, 0.717) is 12.2 Å². The van der Waals surface area contributed by atoms with Crippen LogP contribution in [0.4, 0.5) is 5.69 Å². The first-order valence-electron chi connectivity index (χ1n) is 11.3. The number of rotatable bonds is 10. The number of amides is 2. The van der Waals surface area contributed by atoms with Crippen molar-refractivity contribution in [3.63, 3.8) is 0 Å². The minimum absolute atomic E-state index is 0.0802. The van der Waals surface area contributed by atoms with Gasteiger partial charge in [-0.2, -0.15) is 0 Å². The third kappa shape index (κ3) is 8.28. The quantitative estimate of drug-likeness (QED) is 0.464. The van der Waals surface area contributed by atoms with Crippen LogP contribution in [0.3, 0.4) is 0 Å². The average molecular weight is 559 g/mol. The number of anilines is 1. The molecule has 0 fully saturated rings. The van der Waals surface area contributed by atoms with Crippen molar-refractivity contribution in [2.24, 2.45) is 0 Å². The first-order valence-corrected chi connectivity index (χ1v) is 13.9.